The van der Waals surface area contributed by atoms with Crippen LogP contribution < -0.4 is 4.74 Å². The molecule has 1 N–H and O–H groups in total. The molecule has 0 saturated heterocycles. The van der Waals surface area contributed by atoms with Gasteiger partial charge in [0.15, 0.2) is 0 Å². The lowest BCUT2D eigenvalue weighted by atomic mass is 10.1. The zero-order chi connectivity index (χ0) is 14.6. The first-order valence-electron chi connectivity index (χ1n) is 6.63. The Morgan fingerprint density at radius 2 is 1.60 bits per heavy atom. The van der Waals surface area contributed by atoms with Gasteiger partial charge in [-0.3, -0.25) is 4.79 Å². The molecule has 0 heterocycles. The van der Waals surface area contributed by atoms with Crippen LogP contribution in [0.4, 0.5) is 0 Å². The van der Waals surface area contributed by atoms with E-state index in [0.717, 1.165) is 25.2 Å². The van der Waals surface area contributed by atoms with E-state index in [0.29, 0.717) is 0 Å². The number of hydrogen-bond donors (Lipinski definition) is 1. The van der Waals surface area contributed by atoms with Crippen LogP contribution in [0.1, 0.15) is 18.1 Å². The average molecular weight is 272 g/mol. The van der Waals surface area contributed by atoms with Crippen molar-refractivity contribution in [3.05, 3.63) is 65.7 Å². The van der Waals surface area contributed by atoms with E-state index >= 15 is 0 Å². The minimum Gasteiger partial charge on any atom is -0.493 e. The second kappa shape index (κ2) is 9.62. The largest absolute Gasteiger partial charge is 0.493 e. The van der Waals surface area contributed by atoms with Gasteiger partial charge < -0.3 is 9.84 Å². The van der Waals surface area contributed by atoms with Crippen LogP contribution in [0.15, 0.2) is 54.6 Å². The monoisotopic (exact) mass is 272 g/mol. The lowest BCUT2D eigenvalue weighted by Gasteiger charge is -2.06. The van der Waals surface area contributed by atoms with Gasteiger partial charge >= 0.3 is 0 Å². The molecule has 3 nitrogen and oxygen atoms in total. The van der Waals surface area contributed by atoms with Gasteiger partial charge in [0.25, 0.3) is 6.47 Å². The molecule has 20 heavy (non-hydrogen) atoms. The fourth-order valence-corrected chi connectivity index (χ4v) is 1.75. The van der Waals surface area contributed by atoms with Crippen LogP contribution in [-0.4, -0.2) is 18.2 Å². The second-order valence-corrected chi connectivity index (χ2v) is 4.19. The SMILES string of the molecule is CCc1ccc(OCCc2ccccc2)cc1.O=CO. The van der Waals surface area contributed by atoms with E-state index < -0.39 is 0 Å². The predicted octanol–water partition coefficient (Wildman–Crippen LogP) is 3.57. The molecule has 0 aromatic heterocycles. The Balaban J connectivity index is 0.000000612. The van der Waals surface area contributed by atoms with Crippen molar-refractivity contribution in [1.29, 1.82) is 0 Å². The van der Waals surface area contributed by atoms with Gasteiger partial charge in [-0.2, -0.15) is 0 Å². The summed E-state index contributed by atoms with van der Waals surface area (Å²) in [7, 11) is 0. The first-order valence-corrected chi connectivity index (χ1v) is 6.63. The molecule has 3 heteroatoms. The van der Waals surface area contributed by atoms with Gasteiger partial charge in [-0.25, -0.2) is 0 Å². The van der Waals surface area contributed by atoms with Crippen LogP contribution in [0, 0.1) is 0 Å². The molecule has 106 valence electrons. The Kier molecular flexibility index (Phi) is 7.58. The molecule has 2 aromatic rings. The van der Waals surface area contributed by atoms with Crippen molar-refractivity contribution in [2.24, 2.45) is 0 Å². The molecule has 0 amide bonds. The lowest BCUT2D eigenvalue weighted by Crippen LogP contribution is -2.01. The Bertz CT molecular complexity index is 477. The molecule has 0 spiro atoms. The normalized spacial score (nSPS) is 9.25. The molecule has 2 rings (SSSR count). The smallest absolute Gasteiger partial charge is 0.290 e. The molecule has 2 aromatic carbocycles. The highest BCUT2D eigenvalue weighted by atomic mass is 16.5. The molecule has 0 unspecified atom stereocenters. The molecule has 0 aliphatic carbocycles. The standard InChI is InChI=1S/C16H18O.CH2O2/c1-2-14-8-10-16(11-9-14)17-13-12-15-6-4-3-5-7-15;2-1-3/h3-11H,2,12-13H2,1H3;1H,(H,2,3). The summed E-state index contributed by atoms with van der Waals surface area (Å²) in [5.74, 6) is 0.957. The lowest BCUT2D eigenvalue weighted by molar-refractivity contribution is -0.122. The Morgan fingerprint density at radius 3 is 2.15 bits per heavy atom. The summed E-state index contributed by atoms with van der Waals surface area (Å²) in [5.41, 5.74) is 2.66. The summed E-state index contributed by atoms with van der Waals surface area (Å²) >= 11 is 0. The molecular formula is C17H20O3. The minimum absolute atomic E-state index is 0.250. The number of rotatable bonds is 5. The van der Waals surface area contributed by atoms with Gasteiger partial charge in [0.05, 0.1) is 6.61 Å². The first-order chi connectivity index (χ1) is 9.80. The highest BCUT2D eigenvalue weighted by Crippen LogP contribution is 2.13. The number of benzene rings is 2. The van der Waals surface area contributed by atoms with Crippen molar-refractivity contribution in [2.45, 2.75) is 19.8 Å². The Hall–Kier alpha value is -2.29. The van der Waals surface area contributed by atoms with E-state index in [2.05, 4.69) is 43.3 Å². The molecule has 0 bridgehead atoms. The van der Waals surface area contributed by atoms with Gasteiger partial charge in [0.1, 0.15) is 5.75 Å². The molecule has 0 fully saturated rings. The summed E-state index contributed by atoms with van der Waals surface area (Å²) in [6, 6.07) is 18.8. The third kappa shape index (κ3) is 6.05. The van der Waals surface area contributed by atoms with Gasteiger partial charge in [0, 0.05) is 6.42 Å². The topological polar surface area (TPSA) is 46.5 Å². The average Bonchev–Trinajstić information content (AvgIpc) is 2.50. The highest BCUT2D eigenvalue weighted by Gasteiger charge is 1.95. The summed E-state index contributed by atoms with van der Waals surface area (Å²) in [6.07, 6.45) is 2.03. The summed E-state index contributed by atoms with van der Waals surface area (Å²) in [6.45, 7) is 2.64. The van der Waals surface area contributed by atoms with E-state index in [1.54, 1.807) is 0 Å². The Morgan fingerprint density at radius 1 is 1.00 bits per heavy atom. The maximum Gasteiger partial charge on any atom is 0.290 e. The first kappa shape index (κ1) is 15.8. The van der Waals surface area contributed by atoms with Crippen molar-refractivity contribution in [3.63, 3.8) is 0 Å². The molecule has 0 radical (unpaired) electrons. The number of ether oxygens (including phenoxy) is 1. The number of hydrogen-bond acceptors (Lipinski definition) is 2. The predicted molar refractivity (Wildman–Crippen MR) is 80.2 cm³/mol. The van der Waals surface area contributed by atoms with Gasteiger partial charge in [-0.1, -0.05) is 49.4 Å². The zero-order valence-corrected chi connectivity index (χ0v) is 11.7. The van der Waals surface area contributed by atoms with Gasteiger partial charge in [-0.05, 0) is 29.7 Å². The van der Waals surface area contributed by atoms with E-state index in [-0.39, 0.29) is 6.47 Å². The second-order valence-electron chi connectivity index (χ2n) is 4.19. The number of carbonyl (C=O) groups is 1. The Labute approximate surface area is 119 Å². The van der Waals surface area contributed by atoms with Crippen LogP contribution in [0.5, 0.6) is 5.75 Å². The van der Waals surface area contributed by atoms with Crippen molar-refractivity contribution < 1.29 is 14.6 Å². The number of aryl methyl sites for hydroxylation is 1. The molecular weight excluding hydrogens is 252 g/mol. The van der Waals surface area contributed by atoms with E-state index in [4.69, 9.17) is 14.6 Å². The van der Waals surface area contributed by atoms with Crippen molar-refractivity contribution in [3.8, 4) is 5.75 Å². The van der Waals surface area contributed by atoms with Crippen LogP contribution in [0.3, 0.4) is 0 Å². The van der Waals surface area contributed by atoms with E-state index in [9.17, 15) is 0 Å². The molecule has 0 atom stereocenters. The van der Waals surface area contributed by atoms with Gasteiger partial charge in [-0.15, -0.1) is 0 Å². The summed E-state index contributed by atoms with van der Waals surface area (Å²) in [5, 5.41) is 6.89. The van der Waals surface area contributed by atoms with Crippen LogP contribution in [-0.2, 0) is 17.6 Å². The van der Waals surface area contributed by atoms with Crippen molar-refractivity contribution >= 4 is 6.47 Å². The van der Waals surface area contributed by atoms with E-state index in [1.807, 2.05) is 18.2 Å². The van der Waals surface area contributed by atoms with Crippen molar-refractivity contribution in [1.82, 2.24) is 0 Å². The molecule has 0 saturated carbocycles. The van der Waals surface area contributed by atoms with E-state index in [1.165, 1.54) is 11.1 Å². The zero-order valence-electron chi connectivity index (χ0n) is 11.7. The molecule has 0 aliphatic rings. The molecule has 0 aliphatic heterocycles. The quantitative estimate of drug-likeness (QED) is 0.846. The fraction of sp³-hybridized carbons (Fsp3) is 0.235. The van der Waals surface area contributed by atoms with Crippen molar-refractivity contribution in [2.75, 3.05) is 6.61 Å². The van der Waals surface area contributed by atoms with Crippen LogP contribution in [0.2, 0.25) is 0 Å². The summed E-state index contributed by atoms with van der Waals surface area (Å²) < 4.78 is 5.71. The summed E-state index contributed by atoms with van der Waals surface area (Å²) in [4.78, 5) is 8.36. The van der Waals surface area contributed by atoms with Crippen LogP contribution in [0.25, 0.3) is 0 Å². The third-order valence-electron chi connectivity index (χ3n) is 2.83. The third-order valence-corrected chi connectivity index (χ3v) is 2.83. The van der Waals surface area contributed by atoms with Crippen LogP contribution >= 0.6 is 0 Å². The maximum atomic E-state index is 8.36. The fourth-order valence-electron chi connectivity index (χ4n) is 1.75. The minimum atomic E-state index is -0.250. The van der Waals surface area contributed by atoms with Gasteiger partial charge in [0.2, 0.25) is 0 Å². The highest BCUT2D eigenvalue weighted by molar-refractivity contribution is 5.32. The number of carboxylic acid groups (broad SMARTS) is 1. The maximum absolute atomic E-state index is 8.36.